The van der Waals surface area contributed by atoms with E-state index in [1.165, 1.54) is 19.2 Å². The average molecular weight is 544 g/mol. The molecule has 0 spiro atoms. The molecule has 5 rings (SSSR count). The van der Waals surface area contributed by atoms with E-state index in [0.717, 1.165) is 49.4 Å². The van der Waals surface area contributed by atoms with Gasteiger partial charge in [-0.05, 0) is 74.3 Å². The van der Waals surface area contributed by atoms with Crippen molar-refractivity contribution in [1.82, 2.24) is 24.6 Å². The lowest BCUT2D eigenvalue weighted by Gasteiger charge is -2.13. The third kappa shape index (κ3) is 6.82. The molecule has 0 unspecified atom stereocenters. The van der Waals surface area contributed by atoms with Gasteiger partial charge in [0.15, 0.2) is 5.78 Å². The molecule has 4 aromatic rings. The van der Waals surface area contributed by atoms with Crippen LogP contribution in [0.2, 0.25) is 0 Å². The second kappa shape index (κ2) is 11.8. The number of hydrogen-bond donors (Lipinski definition) is 0. The smallest absolute Gasteiger partial charge is 0.306 e. The summed E-state index contributed by atoms with van der Waals surface area (Å²) < 4.78 is 43.0. The number of ketones is 1. The number of nitrogens with zero attached hydrogens (tertiary/aromatic N) is 5. The van der Waals surface area contributed by atoms with E-state index in [4.69, 9.17) is 0 Å². The van der Waals surface area contributed by atoms with Crippen LogP contribution in [0.15, 0.2) is 67.4 Å². The average Bonchev–Trinajstić information content (AvgIpc) is 3.64. The second-order valence-corrected chi connectivity index (χ2v) is 9.97. The molecule has 0 amide bonds. The van der Waals surface area contributed by atoms with Gasteiger partial charge in [-0.15, -0.1) is 0 Å². The first-order valence-electron chi connectivity index (χ1n) is 13.1. The summed E-state index contributed by atoms with van der Waals surface area (Å²) in [5.41, 5.74) is 3.21. The fourth-order valence-electron chi connectivity index (χ4n) is 4.72. The zero-order chi connectivity index (χ0) is 28.1. The van der Waals surface area contributed by atoms with Crippen molar-refractivity contribution >= 4 is 5.78 Å². The van der Waals surface area contributed by atoms with Gasteiger partial charge >= 0.3 is 6.18 Å². The minimum absolute atomic E-state index is 0.183. The molecule has 2 aromatic carbocycles. The van der Waals surface area contributed by atoms with Crippen LogP contribution in [0, 0.1) is 18.8 Å². The first-order chi connectivity index (χ1) is 19.2. The molecule has 0 radical (unpaired) electrons. The molecular formula is C31H28F3N5O. The normalized spacial score (nSPS) is 13.7. The van der Waals surface area contributed by atoms with Crippen molar-refractivity contribution in [3.05, 3.63) is 106 Å². The SMILES string of the molecule is Cc1ccc(C(=O)Cc2cc(-n3cnc(CCN4CCCC4)c3)cc(C(F)(F)F)c2)cc1C#Cc1ccnnc1. The summed E-state index contributed by atoms with van der Waals surface area (Å²) in [6.45, 7) is 4.90. The number of imidazole rings is 1. The van der Waals surface area contributed by atoms with Gasteiger partial charge in [-0.3, -0.25) is 4.79 Å². The van der Waals surface area contributed by atoms with Gasteiger partial charge < -0.3 is 9.47 Å². The molecule has 1 saturated heterocycles. The number of rotatable bonds is 7. The molecule has 0 atom stereocenters. The lowest BCUT2D eigenvalue weighted by atomic mass is 9.97. The number of likely N-dealkylation sites (tertiary alicyclic amines) is 1. The van der Waals surface area contributed by atoms with Crippen LogP contribution in [0.5, 0.6) is 0 Å². The standard InChI is InChI=1S/C31H28F3N5O/c1-22-4-6-26(17-25(22)7-5-23-8-10-36-37-19-23)30(40)16-24-14-27(31(32,33)34)18-29(15-24)39-20-28(35-21-39)9-13-38-11-2-3-12-38/h4,6,8,10,14-15,17-21H,2-3,9,11-13,16H2,1H3. The van der Waals surface area contributed by atoms with Crippen LogP contribution in [-0.4, -0.2) is 50.1 Å². The molecule has 0 bridgehead atoms. The van der Waals surface area contributed by atoms with Gasteiger partial charge in [0.05, 0.1) is 30.0 Å². The number of carbonyl (C=O) groups excluding carboxylic acids is 1. The largest absolute Gasteiger partial charge is 0.416 e. The predicted molar refractivity (Wildman–Crippen MR) is 145 cm³/mol. The van der Waals surface area contributed by atoms with Crippen LogP contribution < -0.4 is 0 Å². The fraction of sp³-hybridized carbons (Fsp3) is 0.290. The number of hydrogen-bond acceptors (Lipinski definition) is 5. The lowest BCUT2D eigenvalue weighted by molar-refractivity contribution is -0.137. The lowest BCUT2D eigenvalue weighted by Crippen LogP contribution is -2.22. The van der Waals surface area contributed by atoms with Crippen LogP contribution in [0.3, 0.4) is 0 Å². The van der Waals surface area contributed by atoms with E-state index < -0.39 is 11.7 Å². The maximum absolute atomic E-state index is 13.8. The van der Waals surface area contributed by atoms with E-state index in [0.29, 0.717) is 22.4 Å². The van der Waals surface area contributed by atoms with E-state index in [1.54, 1.807) is 53.5 Å². The number of aromatic nitrogens is 4. The summed E-state index contributed by atoms with van der Waals surface area (Å²) in [5, 5.41) is 7.52. The molecule has 0 saturated carbocycles. The highest BCUT2D eigenvalue weighted by atomic mass is 19.4. The van der Waals surface area contributed by atoms with Crippen LogP contribution in [-0.2, 0) is 19.0 Å². The number of carbonyl (C=O) groups is 1. The van der Waals surface area contributed by atoms with E-state index in [9.17, 15) is 18.0 Å². The predicted octanol–water partition coefficient (Wildman–Crippen LogP) is 5.45. The summed E-state index contributed by atoms with van der Waals surface area (Å²) in [6, 6.07) is 10.6. The zero-order valence-electron chi connectivity index (χ0n) is 22.1. The van der Waals surface area contributed by atoms with Crippen molar-refractivity contribution < 1.29 is 18.0 Å². The monoisotopic (exact) mass is 543 g/mol. The molecule has 6 nitrogen and oxygen atoms in total. The third-order valence-electron chi connectivity index (χ3n) is 6.97. The summed E-state index contributed by atoms with van der Waals surface area (Å²) >= 11 is 0. The van der Waals surface area contributed by atoms with E-state index in [-0.39, 0.29) is 17.8 Å². The van der Waals surface area contributed by atoms with Crippen molar-refractivity contribution in [2.75, 3.05) is 19.6 Å². The third-order valence-corrected chi connectivity index (χ3v) is 6.97. The van der Waals surface area contributed by atoms with Gasteiger partial charge in [0.1, 0.15) is 0 Å². The number of Topliss-reactive ketones (excluding diaryl/α,β-unsaturated/α-hetero) is 1. The Labute approximate surface area is 230 Å². The first kappa shape index (κ1) is 27.3. The molecule has 3 heterocycles. The van der Waals surface area contributed by atoms with Gasteiger partial charge in [0, 0.05) is 48.0 Å². The molecule has 0 N–H and O–H groups in total. The number of benzene rings is 2. The van der Waals surface area contributed by atoms with Crippen LogP contribution in [0.1, 0.15) is 56.7 Å². The Bertz CT molecular complexity index is 1560. The van der Waals surface area contributed by atoms with Crippen LogP contribution in [0.4, 0.5) is 13.2 Å². The number of halogens is 3. The maximum atomic E-state index is 13.8. The molecule has 204 valence electrons. The molecule has 0 aliphatic carbocycles. The quantitative estimate of drug-likeness (QED) is 0.229. The molecule has 1 aliphatic heterocycles. The van der Waals surface area contributed by atoms with Gasteiger partial charge in [-0.25, -0.2) is 4.98 Å². The van der Waals surface area contributed by atoms with E-state index in [1.807, 2.05) is 6.92 Å². The summed E-state index contributed by atoms with van der Waals surface area (Å²) in [5.74, 6) is 5.74. The minimum atomic E-state index is -4.55. The van der Waals surface area contributed by atoms with Crippen LogP contribution in [0.25, 0.3) is 5.69 Å². The molecule has 1 aliphatic rings. The fourth-order valence-corrected chi connectivity index (χ4v) is 4.72. The highest BCUT2D eigenvalue weighted by molar-refractivity contribution is 5.98. The summed E-state index contributed by atoms with van der Waals surface area (Å²) in [6.07, 6.45) is 4.76. The summed E-state index contributed by atoms with van der Waals surface area (Å²) in [7, 11) is 0. The number of alkyl halides is 3. The Kier molecular flexibility index (Phi) is 8.08. The van der Waals surface area contributed by atoms with Crippen molar-refractivity contribution in [3.63, 3.8) is 0 Å². The van der Waals surface area contributed by atoms with E-state index in [2.05, 4.69) is 31.9 Å². The highest BCUT2D eigenvalue weighted by Crippen LogP contribution is 2.32. The van der Waals surface area contributed by atoms with Crippen molar-refractivity contribution in [2.24, 2.45) is 0 Å². The van der Waals surface area contributed by atoms with Crippen molar-refractivity contribution in [1.29, 1.82) is 0 Å². The van der Waals surface area contributed by atoms with Gasteiger partial charge in [0.2, 0.25) is 0 Å². The Morgan fingerprint density at radius 1 is 1.02 bits per heavy atom. The Morgan fingerprint density at radius 3 is 2.60 bits per heavy atom. The minimum Gasteiger partial charge on any atom is -0.306 e. The second-order valence-electron chi connectivity index (χ2n) is 9.97. The first-order valence-corrected chi connectivity index (χ1v) is 13.1. The molecule has 2 aromatic heterocycles. The topological polar surface area (TPSA) is 63.9 Å². The van der Waals surface area contributed by atoms with Gasteiger partial charge in [-0.1, -0.05) is 24.0 Å². The Hall–Kier alpha value is -4.29. The molecule has 1 fully saturated rings. The Balaban J connectivity index is 1.37. The molecule has 40 heavy (non-hydrogen) atoms. The molecule has 9 heteroatoms. The zero-order valence-corrected chi connectivity index (χ0v) is 22.1. The van der Waals surface area contributed by atoms with Crippen molar-refractivity contribution in [3.8, 4) is 17.5 Å². The van der Waals surface area contributed by atoms with Gasteiger partial charge in [-0.2, -0.15) is 23.4 Å². The highest BCUT2D eigenvalue weighted by Gasteiger charge is 2.31. The van der Waals surface area contributed by atoms with Gasteiger partial charge in [0.25, 0.3) is 0 Å². The van der Waals surface area contributed by atoms with Crippen LogP contribution >= 0.6 is 0 Å². The Morgan fingerprint density at radius 2 is 1.85 bits per heavy atom. The maximum Gasteiger partial charge on any atom is 0.416 e. The van der Waals surface area contributed by atoms with Crippen molar-refractivity contribution in [2.45, 2.75) is 38.8 Å². The summed E-state index contributed by atoms with van der Waals surface area (Å²) in [4.78, 5) is 20.0. The van der Waals surface area contributed by atoms with E-state index >= 15 is 0 Å². The number of aryl methyl sites for hydroxylation is 1. The molecular weight excluding hydrogens is 515 g/mol.